The minimum Gasteiger partial charge on any atom is -0.481 e. The average Bonchev–Trinajstić information content (AvgIpc) is 2.16. The van der Waals surface area contributed by atoms with Crippen LogP contribution in [-0.2, 0) is 17.6 Å². The predicted molar refractivity (Wildman–Crippen MR) is 49.3 cm³/mol. The first-order chi connectivity index (χ1) is 6.65. The van der Waals surface area contributed by atoms with Gasteiger partial charge in [-0.2, -0.15) is 4.98 Å². The molecule has 0 bridgehead atoms. The van der Waals surface area contributed by atoms with E-state index in [4.69, 9.17) is 9.84 Å². The molecule has 1 N–H and O–H groups in total. The summed E-state index contributed by atoms with van der Waals surface area (Å²) in [6.45, 7) is 1.94. The van der Waals surface area contributed by atoms with Crippen molar-refractivity contribution in [1.29, 1.82) is 0 Å². The summed E-state index contributed by atoms with van der Waals surface area (Å²) in [5.41, 5.74) is 1.26. The van der Waals surface area contributed by atoms with Crippen LogP contribution in [0.4, 0.5) is 0 Å². The second-order valence-electron chi connectivity index (χ2n) is 2.76. The lowest BCUT2D eigenvalue weighted by Gasteiger charge is -2.03. The predicted octanol–water partition coefficient (Wildman–Crippen LogP) is 0.675. The Kier molecular flexibility index (Phi) is 3.39. The van der Waals surface area contributed by atoms with E-state index in [1.807, 2.05) is 6.92 Å². The molecule has 0 atom stereocenters. The smallest absolute Gasteiger partial charge is 0.316 e. The summed E-state index contributed by atoms with van der Waals surface area (Å²) in [7, 11) is 1.46. The maximum atomic E-state index is 10.5. The number of ether oxygens (including phenoxy) is 1. The van der Waals surface area contributed by atoms with E-state index in [9.17, 15) is 4.79 Å². The molecule has 1 heterocycles. The summed E-state index contributed by atoms with van der Waals surface area (Å²) in [5.74, 6) is -0.909. The van der Waals surface area contributed by atoms with Gasteiger partial charge in [-0.25, -0.2) is 4.98 Å². The number of aliphatic carboxylic acids is 1. The summed E-state index contributed by atoms with van der Waals surface area (Å²) in [6, 6.07) is 1.90. The fraction of sp³-hybridized carbons (Fsp3) is 0.444. The van der Waals surface area contributed by atoms with Crippen LogP contribution in [0.5, 0.6) is 6.01 Å². The number of nitrogens with zero attached hydrogens (tertiary/aromatic N) is 2. The third-order valence-corrected chi connectivity index (χ3v) is 1.69. The van der Waals surface area contributed by atoms with Crippen LogP contribution < -0.4 is 4.74 Å². The van der Waals surface area contributed by atoms with Gasteiger partial charge in [-0.1, -0.05) is 6.92 Å². The molecule has 0 aliphatic carbocycles. The molecule has 5 heteroatoms. The molecule has 1 aromatic heterocycles. The van der Waals surface area contributed by atoms with Crippen LogP contribution in [0.25, 0.3) is 0 Å². The van der Waals surface area contributed by atoms with Crippen molar-refractivity contribution in [3.05, 3.63) is 17.5 Å². The monoisotopic (exact) mass is 196 g/mol. The number of carbonyl (C=O) groups is 1. The van der Waals surface area contributed by atoms with Gasteiger partial charge in [0.2, 0.25) is 0 Å². The molecule has 0 saturated carbocycles. The van der Waals surface area contributed by atoms with E-state index in [-0.39, 0.29) is 12.4 Å². The van der Waals surface area contributed by atoms with Crippen LogP contribution in [0, 0.1) is 0 Å². The molecular weight excluding hydrogens is 184 g/mol. The fourth-order valence-electron chi connectivity index (χ4n) is 1.05. The third-order valence-electron chi connectivity index (χ3n) is 1.69. The molecule has 76 valence electrons. The fourth-order valence-corrected chi connectivity index (χ4v) is 1.05. The number of aromatic nitrogens is 2. The SMILES string of the molecule is CCc1cc(CC(=O)O)nc(OC)n1. The van der Waals surface area contributed by atoms with Crippen molar-refractivity contribution in [3.8, 4) is 6.01 Å². The zero-order chi connectivity index (χ0) is 10.6. The Balaban J connectivity index is 2.98. The molecule has 0 unspecified atom stereocenters. The summed E-state index contributed by atoms with van der Waals surface area (Å²) >= 11 is 0. The number of aryl methyl sites for hydroxylation is 1. The zero-order valence-electron chi connectivity index (χ0n) is 8.15. The van der Waals surface area contributed by atoms with E-state index in [1.165, 1.54) is 7.11 Å². The van der Waals surface area contributed by atoms with Crippen LogP contribution >= 0.6 is 0 Å². The molecule has 1 aromatic rings. The first kappa shape index (κ1) is 10.4. The summed E-state index contributed by atoms with van der Waals surface area (Å²) < 4.78 is 4.86. The number of carboxylic acids is 1. The first-order valence-corrected chi connectivity index (χ1v) is 4.28. The Morgan fingerprint density at radius 1 is 1.50 bits per heavy atom. The minimum atomic E-state index is -0.909. The molecule has 0 fully saturated rings. The quantitative estimate of drug-likeness (QED) is 0.766. The molecule has 0 aliphatic heterocycles. The van der Waals surface area contributed by atoms with Gasteiger partial charge >= 0.3 is 12.0 Å². The standard InChI is InChI=1S/C9H12N2O3/c1-3-6-4-7(5-8(12)13)11-9(10-6)14-2/h4H,3,5H2,1-2H3,(H,12,13). The highest BCUT2D eigenvalue weighted by molar-refractivity contribution is 5.69. The van der Waals surface area contributed by atoms with Gasteiger partial charge < -0.3 is 9.84 Å². The Bertz CT molecular complexity index is 317. The molecule has 0 amide bonds. The number of hydrogen-bond acceptors (Lipinski definition) is 4. The van der Waals surface area contributed by atoms with Crippen LogP contribution in [0.15, 0.2) is 6.07 Å². The maximum Gasteiger partial charge on any atom is 0.316 e. The second kappa shape index (κ2) is 4.55. The van der Waals surface area contributed by atoms with Crippen molar-refractivity contribution in [1.82, 2.24) is 9.97 Å². The Labute approximate surface area is 81.8 Å². The van der Waals surface area contributed by atoms with Gasteiger partial charge in [0, 0.05) is 5.69 Å². The summed E-state index contributed by atoms with van der Waals surface area (Å²) in [5, 5.41) is 8.59. The molecule has 0 aliphatic rings. The van der Waals surface area contributed by atoms with Gasteiger partial charge in [0.15, 0.2) is 0 Å². The highest BCUT2D eigenvalue weighted by atomic mass is 16.5. The Morgan fingerprint density at radius 2 is 2.14 bits per heavy atom. The largest absolute Gasteiger partial charge is 0.481 e. The maximum absolute atomic E-state index is 10.5. The molecule has 0 radical (unpaired) electrons. The number of methoxy groups -OCH3 is 1. The molecule has 0 aromatic carbocycles. The van der Waals surface area contributed by atoms with E-state index < -0.39 is 5.97 Å². The van der Waals surface area contributed by atoms with E-state index in [1.54, 1.807) is 6.07 Å². The molecular formula is C9H12N2O3. The lowest BCUT2D eigenvalue weighted by Crippen LogP contribution is -2.06. The minimum absolute atomic E-state index is 0.105. The first-order valence-electron chi connectivity index (χ1n) is 4.28. The second-order valence-corrected chi connectivity index (χ2v) is 2.76. The van der Waals surface area contributed by atoms with Crippen molar-refractivity contribution in [3.63, 3.8) is 0 Å². The highest BCUT2D eigenvalue weighted by Crippen LogP contribution is 2.08. The molecule has 0 saturated heterocycles. The Morgan fingerprint density at radius 3 is 2.64 bits per heavy atom. The number of carboxylic acid groups (broad SMARTS) is 1. The van der Waals surface area contributed by atoms with Crippen LogP contribution in [0.2, 0.25) is 0 Å². The molecule has 14 heavy (non-hydrogen) atoms. The van der Waals surface area contributed by atoms with Gasteiger partial charge in [-0.15, -0.1) is 0 Å². The summed E-state index contributed by atoms with van der Waals surface area (Å²) in [4.78, 5) is 18.4. The van der Waals surface area contributed by atoms with Crippen LogP contribution in [0.1, 0.15) is 18.3 Å². The van der Waals surface area contributed by atoms with Gasteiger partial charge in [-0.05, 0) is 12.5 Å². The molecule has 5 nitrogen and oxygen atoms in total. The van der Waals surface area contributed by atoms with E-state index in [0.717, 1.165) is 12.1 Å². The van der Waals surface area contributed by atoms with Crippen molar-refractivity contribution in [2.75, 3.05) is 7.11 Å². The van der Waals surface area contributed by atoms with Crippen molar-refractivity contribution in [2.45, 2.75) is 19.8 Å². The van der Waals surface area contributed by atoms with Gasteiger partial charge in [0.1, 0.15) is 0 Å². The highest BCUT2D eigenvalue weighted by Gasteiger charge is 2.06. The topological polar surface area (TPSA) is 72.3 Å². The van der Waals surface area contributed by atoms with E-state index in [2.05, 4.69) is 9.97 Å². The van der Waals surface area contributed by atoms with Crippen LogP contribution in [0.3, 0.4) is 0 Å². The normalized spacial score (nSPS) is 9.86. The zero-order valence-corrected chi connectivity index (χ0v) is 8.15. The van der Waals surface area contributed by atoms with Gasteiger partial charge in [0.25, 0.3) is 0 Å². The van der Waals surface area contributed by atoms with Crippen molar-refractivity contribution in [2.24, 2.45) is 0 Å². The molecule has 1 rings (SSSR count). The average molecular weight is 196 g/mol. The van der Waals surface area contributed by atoms with Gasteiger partial charge in [-0.3, -0.25) is 4.79 Å². The summed E-state index contributed by atoms with van der Waals surface area (Å²) in [6.07, 6.45) is 0.622. The van der Waals surface area contributed by atoms with E-state index >= 15 is 0 Å². The molecule has 0 spiro atoms. The van der Waals surface area contributed by atoms with Crippen molar-refractivity contribution < 1.29 is 14.6 Å². The number of hydrogen-bond donors (Lipinski definition) is 1. The van der Waals surface area contributed by atoms with Gasteiger partial charge in [0.05, 0.1) is 19.2 Å². The lowest BCUT2D eigenvalue weighted by atomic mass is 10.2. The number of rotatable bonds is 4. The van der Waals surface area contributed by atoms with Crippen LogP contribution in [-0.4, -0.2) is 28.2 Å². The third kappa shape index (κ3) is 2.69. The van der Waals surface area contributed by atoms with Crippen molar-refractivity contribution >= 4 is 5.97 Å². The van der Waals surface area contributed by atoms with E-state index in [0.29, 0.717) is 5.69 Å². The Hall–Kier alpha value is -1.65. The lowest BCUT2D eigenvalue weighted by molar-refractivity contribution is -0.136.